The lowest BCUT2D eigenvalue weighted by Crippen LogP contribution is -2.64. The standard InChI is InChI=1S/C21H28N4O2/c1-16-11-23-20(24-12-16)22-8-6-18-7-9-27-21(18)14-25(15-21)13-17-4-3-5-19(10-17)26-2/h3-5,10-12,18H,6-9,13-15H2,1-2H3,(H,22,23,24)/t18-/m0/s1. The van der Waals surface area contributed by atoms with Gasteiger partial charge in [0.2, 0.25) is 5.95 Å². The summed E-state index contributed by atoms with van der Waals surface area (Å²) in [6.45, 7) is 6.72. The number of benzene rings is 1. The van der Waals surface area contributed by atoms with Crippen molar-refractivity contribution in [2.24, 2.45) is 5.92 Å². The Bertz CT molecular complexity index is 759. The van der Waals surface area contributed by atoms with Crippen LogP contribution in [-0.4, -0.2) is 53.8 Å². The first-order valence-electron chi connectivity index (χ1n) is 9.69. The monoisotopic (exact) mass is 368 g/mol. The molecule has 1 spiro atoms. The zero-order chi connectivity index (χ0) is 18.7. The molecule has 0 aliphatic carbocycles. The first-order chi connectivity index (χ1) is 13.2. The molecule has 2 saturated heterocycles. The van der Waals surface area contributed by atoms with Crippen molar-refractivity contribution < 1.29 is 9.47 Å². The number of methoxy groups -OCH3 is 1. The lowest BCUT2D eigenvalue weighted by Gasteiger charge is -2.50. The van der Waals surface area contributed by atoms with Gasteiger partial charge in [0.15, 0.2) is 0 Å². The summed E-state index contributed by atoms with van der Waals surface area (Å²) in [5.74, 6) is 2.22. The Labute approximate surface area is 160 Å². The summed E-state index contributed by atoms with van der Waals surface area (Å²) in [7, 11) is 1.71. The molecule has 0 amide bonds. The highest BCUT2D eigenvalue weighted by molar-refractivity contribution is 5.29. The molecule has 2 aromatic rings. The molecule has 2 fully saturated rings. The van der Waals surface area contributed by atoms with E-state index in [0.29, 0.717) is 11.9 Å². The number of hydrogen-bond acceptors (Lipinski definition) is 6. The van der Waals surface area contributed by atoms with Crippen LogP contribution in [0.3, 0.4) is 0 Å². The van der Waals surface area contributed by atoms with E-state index < -0.39 is 0 Å². The molecular weight excluding hydrogens is 340 g/mol. The minimum Gasteiger partial charge on any atom is -0.497 e. The predicted octanol–water partition coefficient (Wildman–Crippen LogP) is 2.89. The van der Waals surface area contributed by atoms with Crippen molar-refractivity contribution >= 4 is 5.95 Å². The van der Waals surface area contributed by atoms with Gasteiger partial charge in [-0.3, -0.25) is 4.90 Å². The fourth-order valence-electron chi connectivity index (χ4n) is 4.24. The fraction of sp³-hybridized carbons (Fsp3) is 0.524. The second-order valence-corrected chi connectivity index (χ2v) is 7.69. The van der Waals surface area contributed by atoms with Crippen molar-refractivity contribution in [2.75, 3.05) is 38.7 Å². The van der Waals surface area contributed by atoms with Crippen LogP contribution in [0.5, 0.6) is 5.75 Å². The third-order valence-corrected chi connectivity index (χ3v) is 5.68. The average Bonchev–Trinajstić information content (AvgIpc) is 3.07. The molecule has 4 rings (SSSR count). The summed E-state index contributed by atoms with van der Waals surface area (Å²) in [4.78, 5) is 11.1. The molecule has 1 aromatic carbocycles. The van der Waals surface area contributed by atoms with Crippen LogP contribution in [0.1, 0.15) is 24.0 Å². The number of nitrogens with one attached hydrogen (secondary N) is 1. The highest BCUT2D eigenvalue weighted by Crippen LogP contribution is 2.42. The number of aryl methyl sites for hydroxylation is 1. The molecule has 0 unspecified atom stereocenters. The Balaban J connectivity index is 1.27. The number of likely N-dealkylation sites (tertiary alicyclic amines) is 1. The Morgan fingerprint density at radius 1 is 1.30 bits per heavy atom. The van der Waals surface area contributed by atoms with Gasteiger partial charge in [-0.15, -0.1) is 0 Å². The number of ether oxygens (including phenoxy) is 2. The normalized spacial score (nSPS) is 21.2. The number of hydrogen-bond donors (Lipinski definition) is 1. The van der Waals surface area contributed by atoms with Crippen molar-refractivity contribution in [1.29, 1.82) is 0 Å². The van der Waals surface area contributed by atoms with Crippen LogP contribution in [0.4, 0.5) is 5.95 Å². The minimum absolute atomic E-state index is 0.0364. The van der Waals surface area contributed by atoms with E-state index in [1.165, 1.54) is 5.56 Å². The van der Waals surface area contributed by atoms with Crippen LogP contribution in [-0.2, 0) is 11.3 Å². The van der Waals surface area contributed by atoms with Crippen LogP contribution >= 0.6 is 0 Å². The van der Waals surface area contributed by atoms with E-state index in [9.17, 15) is 0 Å². The van der Waals surface area contributed by atoms with Crippen LogP contribution in [0, 0.1) is 12.8 Å². The maximum Gasteiger partial charge on any atom is 0.222 e. The van der Waals surface area contributed by atoms with Crippen LogP contribution in [0.2, 0.25) is 0 Å². The number of aromatic nitrogens is 2. The first-order valence-corrected chi connectivity index (χ1v) is 9.69. The number of nitrogens with zero attached hydrogens (tertiary/aromatic N) is 3. The molecule has 0 saturated carbocycles. The molecule has 2 aliphatic rings. The molecule has 1 atom stereocenters. The summed E-state index contributed by atoms with van der Waals surface area (Å²) in [6, 6.07) is 8.31. The third kappa shape index (κ3) is 4.06. The van der Waals surface area contributed by atoms with Gasteiger partial charge in [0.1, 0.15) is 5.75 Å². The van der Waals surface area contributed by atoms with Crippen molar-refractivity contribution in [2.45, 2.75) is 31.9 Å². The van der Waals surface area contributed by atoms with E-state index in [2.05, 4.69) is 38.4 Å². The zero-order valence-electron chi connectivity index (χ0n) is 16.1. The van der Waals surface area contributed by atoms with Gasteiger partial charge < -0.3 is 14.8 Å². The molecule has 27 heavy (non-hydrogen) atoms. The van der Waals surface area contributed by atoms with Crippen LogP contribution in [0.25, 0.3) is 0 Å². The molecule has 144 valence electrons. The number of anilines is 1. The Hall–Kier alpha value is -2.18. The van der Waals surface area contributed by atoms with Crippen molar-refractivity contribution in [3.63, 3.8) is 0 Å². The first kappa shape index (κ1) is 18.2. The molecule has 6 heteroatoms. The van der Waals surface area contributed by atoms with Crippen molar-refractivity contribution in [1.82, 2.24) is 14.9 Å². The smallest absolute Gasteiger partial charge is 0.222 e. The molecule has 0 radical (unpaired) electrons. The molecule has 0 bridgehead atoms. The van der Waals surface area contributed by atoms with Crippen LogP contribution < -0.4 is 10.1 Å². The van der Waals surface area contributed by atoms with Crippen LogP contribution in [0.15, 0.2) is 36.7 Å². The van der Waals surface area contributed by atoms with E-state index >= 15 is 0 Å². The largest absolute Gasteiger partial charge is 0.497 e. The molecule has 6 nitrogen and oxygen atoms in total. The minimum atomic E-state index is 0.0364. The average molecular weight is 368 g/mol. The summed E-state index contributed by atoms with van der Waals surface area (Å²) >= 11 is 0. The quantitative estimate of drug-likeness (QED) is 0.811. The van der Waals surface area contributed by atoms with Gasteiger partial charge in [-0.25, -0.2) is 9.97 Å². The van der Waals surface area contributed by atoms with E-state index in [-0.39, 0.29) is 5.60 Å². The SMILES string of the molecule is COc1cccc(CN2CC3(C2)OCC[C@@H]3CCNc2ncc(C)cn2)c1. The maximum absolute atomic E-state index is 6.19. The summed E-state index contributed by atoms with van der Waals surface area (Å²) in [5.41, 5.74) is 2.40. The topological polar surface area (TPSA) is 59.5 Å². The third-order valence-electron chi connectivity index (χ3n) is 5.68. The highest BCUT2D eigenvalue weighted by atomic mass is 16.5. The van der Waals surface area contributed by atoms with Gasteiger partial charge >= 0.3 is 0 Å². The maximum atomic E-state index is 6.19. The predicted molar refractivity (Wildman–Crippen MR) is 105 cm³/mol. The van der Waals surface area contributed by atoms with E-state index in [1.54, 1.807) is 7.11 Å². The van der Waals surface area contributed by atoms with Gasteiger partial charge in [-0.2, -0.15) is 0 Å². The van der Waals surface area contributed by atoms with Gasteiger partial charge in [-0.05, 0) is 48.9 Å². The fourth-order valence-corrected chi connectivity index (χ4v) is 4.24. The van der Waals surface area contributed by atoms with Gasteiger partial charge in [-0.1, -0.05) is 12.1 Å². The Morgan fingerprint density at radius 2 is 2.11 bits per heavy atom. The Morgan fingerprint density at radius 3 is 2.89 bits per heavy atom. The summed E-state index contributed by atoms with van der Waals surface area (Å²) < 4.78 is 11.5. The summed E-state index contributed by atoms with van der Waals surface area (Å²) in [5, 5.41) is 3.34. The van der Waals surface area contributed by atoms with Crippen molar-refractivity contribution in [3.8, 4) is 5.75 Å². The van der Waals surface area contributed by atoms with Crippen molar-refractivity contribution in [3.05, 3.63) is 47.8 Å². The molecule has 1 N–H and O–H groups in total. The van der Waals surface area contributed by atoms with E-state index in [0.717, 1.165) is 56.9 Å². The lowest BCUT2D eigenvalue weighted by molar-refractivity contribution is -0.136. The van der Waals surface area contributed by atoms with Gasteiger partial charge in [0.25, 0.3) is 0 Å². The second-order valence-electron chi connectivity index (χ2n) is 7.69. The molecule has 2 aliphatic heterocycles. The number of rotatable bonds is 7. The molecular formula is C21H28N4O2. The molecule has 3 heterocycles. The van der Waals surface area contributed by atoms with Gasteiger partial charge in [0, 0.05) is 45.2 Å². The second kappa shape index (κ2) is 7.82. The Kier molecular flexibility index (Phi) is 5.27. The highest BCUT2D eigenvalue weighted by Gasteiger charge is 2.52. The summed E-state index contributed by atoms with van der Waals surface area (Å²) in [6.07, 6.45) is 5.92. The lowest BCUT2D eigenvalue weighted by atomic mass is 9.78. The molecule has 1 aromatic heterocycles. The van der Waals surface area contributed by atoms with E-state index in [1.807, 2.05) is 25.4 Å². The van der Waals surface area contributed by atoms with Gasteiger partial charge in [0.05, 0.1) is 12.7 Å². The zero-order valence-corrected chi connectivity index (χ0v) is 16.1. The van der Waals surface area contributed by atoms with E-state index in [4.69, 9.17) is 9.47 Å².